The Labute approximate surface area is 80.3 Å². The van der Waals surface area contributed by atoms with Gasteiger partial charge in [0.1, 0.15) is 5.65 Å². The Morgan fingerprint density at radius 1 is 1.50 bits per heavy atom. The third kappa shape index (κ3) is 1.09. The highest BCUT2D eigenvalue weighted by Gasteiger charge is 2.08. The van der Waals surface area contributed by atoms with Crippen molar-refractivity contribution in [2.24, 2.45) is 0 Å². The second-order valence-electron chi connectivity index (χ2n) is 3.16. The standard InChI is InChI=1S/C9H11N3O2/c1-5-6(2)11-12-4-7(14-3)9(13)10-8(5)12/h4H,1-3H3,(H,10,13). The number of nitrogens with zero attached hydrogens (tertiary/aromatic N) is 2. The van der Waals surface area contributed by atoms with Gasteiger partial charge in [0.15, 0.2) is 0 Å². The van der Waals surface area contributed by atoms with E-state index in [1.807, 2.05) is 13.8 Å². The van der Waals surface area contributed by atoms with E-state index in [9.17, 15) is 4.79 Å². The number of fused-ring (bicyclic) bond motifs is 1. The first-order valence-electron chi connectivity index (χ1n) is 4.26. The second kappa shape index (κ2) is 2.87. The van der Waals surface area contributed by atoms with Crippen molar-refractivity contribution in [3.63, 3.8) is 0 Å². The molecule has 0 radical (unpaired) electrons. The summed E-state index contributed by atoms with van der Waals surface area (Å²) in [6, 6.07) is 0. The van der Waals surface area contributed by atoms with Crippen molar-refractivity contribution in [3.05, 3.63) is 27.8 Å². The van der Waals surface area contributed by atoms with Crippen LogP contribution in [0.15, 0.2) is 11.0 Å². The summed E-state index contributed by atoms with van der Waals surface area (Å²) in [5.74, 6) is 0.264. The van der Waals surface area contributed by atoms with Crippen LogP contribution in [0.5, 0.6) is 5.75 Å². The lowest BCUT2D eigenvalue weighted by Crippen LogP contribution is -2.11. The number of hydrogen-bond donors (Lipinski definition) is 1. The fourth-order valence-corrected chi connectivity index (χ4v) is 1.36. The number of hydrogen-bond acceptors (Lipinski definition) is 3. The number of nitrogens with one attached hydrogen (secondary N) is 1. The molecule has 0 aromatic carbocycles. The molecule has 0 aliphatic carbocycles. The van der Waals surface area contributed by atoms with Gasteiger partial charge >= 0.3 is 0 Å². The van der Waals surface area contributed by atoms with Crippen LogP contribution in [0.4, 0.5) is 0 Å². The summed E-state index contributed by atoms with van der Waals surface area (Å²) >= 11 is 0. The monoisotopic (exact) mass is 193 g/mol. The number of rotatable bonds is 1. The molecule has 0 aliphatic rings. The van der Waals surface area contributed by atoms with E-state index in [4.69, 9.17) is 4.74 Å². The van der Waals surface area contributed by atoms with Crippen LogP contribution in [-0.2, 0) is 0 Å². The SMILES string of the molecule is COc1cn2nc(C)c(C)c2[nH]c1=O. The van der Waals surface area contributed by atoms with Crippen LogP contribution in [0.3, 0.4) is 0 Å². The molecule has 0 atom stereocenters. The molecule has 0 bridgehead atoms. The summed E-state index contributed by atoms with van der Waals surface area (Å²) in [4.78, 5) is 14.1. The van der Waals surface area contributed by atoms with Crippen molar-refractivity contribution in [1.82, 2.24) is 14.6 Å². The van der Waals surface area contributed by atoms with Gasteiger partial charge in [0.05, 0.1) is 19.0 Å². The van der Waals surface area contributed by atoms with Crippen molar-refractivity contribution in [2.75, 3.05) is 7.11 Å². The van der Waals surface area contributed by atoms with Crippen molar-refractivity contribution in [2.45, 2.75) is 13.8 Å². The molecule has 2 aromatic rings. The summed E-state index contributed by atoms with van der Waals surface area (Å²) in [7, 11) is 1.46. The molecule has 0 aliphatic heterocycles. The van der Waals surface area contributed by atoms with Gasteiger partial charge in [-0.25, -0.2) is 4.52 Å². The largest absolute Gasteiger partial charge is 0.490 e. The fraction of sp³-hybridized carbons (Fsp3) is 0.333. The summed E-state index contributed by atoms with van der Waals surface area (Å²) in [6.45, 7) is 3.81. The molecule has 5 heteroatoms. The van der Waals surface area contributed by atoms with Gasteiger partial charge in [-0.2, -0.15) is 5.10 Å². The van der Waals surface area contributed by atoms with E-state index in [2.05, 4.69) is 10.1 Å². The van der Waals surface area contributed by atoms with E-state index < -0.39 is 0 Å². The Morgan fingerprint density at radius 2 is 2.21 bits per heavy atom. The second-order valence-corrected chi connectivity index (χ2v) is 3.16. The molecule has 2 rings (SSSR count). The topological polar surface area (TPSA) is 59.4 Å². The lowest BCUT2D eigenvalue weighted by Gasteiger charge is -1.98. The maximum absolute atomic E-state index is 11.4. The summed E-state index contributed by atoms with van der Waals surface area (Å²) < 4.78 is 6.51. The Hall–Kier alpha value is -1.78. The first-order valence-corrected chi connectivity index (χ1v) is 4.26. The normalized spacial score (nSPS) is 10.8. The average Bonchev–Trinajstić information content (AvgIpc) is 2.43. The van der Waals surface area contributed by atoms with E-state index in [0.29, 0.717) is 5.65 Å². The number of H-pyrrole nitrogens is 1. The molecule has 1 N–H and O–H groups in total. The molecule has 2 aromatic heterocycles. The van der Waals surface area contributed by atoms with Gasteiger partial charge in [0, 0.05) is 5.56 Å². The Balaban J connectivity index is 2.86. The summed E-state index contributed by atoms with van der Waals surface area (Å²) in [6.07, 6.45) is 1.58. The number of aromatic amines is 1. The molecule has 0 amide bonds. The molecule has 2 heterocycles. The van der Waals surface area contributed by atoms with E-state index in [1.54, 1.807) is 10.7 Å². The molecular weight excluding hydrogens is 182 g/mol. The minimum Gasteiger partial charge on any atom is -0.490 e. The van der Waals surface area contributed by atoms with E-state index in [-0.39, 0.29) is 11.3 Å². The van der Waals surface area contributed by atoms with Gasteiger partial charge < -0.3 is 9.72 Å². The van der Waals surface area contributed by atoms with Gasteiger partial charge in [0.25, 0.3) is 5.56 Å². The highest BCUT2D eigenvalue weighted by molar-refractivity contribution is 5.49. The van der Waals surface area contributed by atoms with Crippen LogP contribution >= 0.6 is 0 Å². The number of ether oxygens (including phenoxy) is 1. The van der Waals surface area contributed by atoms with Crippen LogP contribution in [0.2, 0.25) is 0 Å². The molecule has 0 fully saturated rings. The minimum atomic E-state index is -0.233. The number of aryl methyl sites for hydroxylation is 2. The van der Waals surface area contributed by atoms with Crippen molar-refractivity contribution in [1.29, 1.82) is 0 Å². The molecular formula is C9H11N3O2. The molecule has 14 heavy (non-hydrogen) atoms. The number of methoxy groups -OCH3 is 1. The van der Waals surface area contributed by atoms with Gasteiger partial charge in [-0.05, 0) is 13.8 Å². The van der Waals surface area contributed by atoms with E-state index in [0.717, 1.165) is 11.3 Å². The van der Waals surface area contributed by atoms with E-state index >= 15 is 0 Å². The minimum absolute atomic E-state index is 0.233. The van der Waals surface area contributed by atoms with E-state index in [1.165, 1.54) is 7.11 Å². The Morgan fingerprint density at radius 3 is 2.86 bits per heavy atom. The van der Waals surface area contributed by atoms with Crippen LogP contribution in [0, 0.1) is 13.8 Å². The molecule has 0 spiro atoms. The zero-order chi connectivity index (χ0) is 10.3. The maximum atomic E-state index is 11.4. The average molecular weight is 193 g/mol. The van der Waals surface area contributed by atoms with Gasteiger partial charge in [-0.3, -0.25) is 4.79 Å². The van der Waals surface area contributed by atoms with Crippen LogP contribution in [0.1, 0.15) is 11.3 Å². The highest BCUT2D eigenvalue weighted by atomic mass is 16.5. The summed E-state index contributed by atoms with van der Waals surface area (Å²) in [5, 5.41) is 4.23. The zero-order valence-electron chi connectivity index (χ0n) is 8.29. The highest BCUT2D eigenvalue weighted by Crippen LogP contribution is 2.11. The Kier molecular flexibility index (Phi) is 1.80. The van der Waals surface area contributed by atoms with Crippen molar-refractivity contribution in [3.8, 4) is 5.75 Å². The molecule has 5 nitrogen and oxygen atoms in total. The zero-order valence-corrected chi connectivity index (χ0v) is 8.29. The third-order valence-electron chi connectivity index (χ3n) is 2.30. The molecule has 0 unspecified atom stereocenters. The van der Waals surface area contributed by atoms with Crippen molar-refractivity contribution < 1.29 is 4.74 Å². The smallest absolute Gasteiger partial charge is 0.293 e. The summed E-state index contributed by atoms with van der Waals surface area (Å²) in [5.41, 5.74) is 2.36. The lowest BCUT2D eigenvalue weighted by atomic mass is 10.3. The van der Waals surface area contributed by atoms with Crippen LogP contribution in [-0.4, -0.2) is 21.7 Å². The molecule has 0 saturated carbocycles. The van der Waals surface area contributed by atoms with Gasteiger partial charge in [0.2, 0.25) is 5.75 Å². The molecule has 0 saturated heterocycles. The predicted molar refractivity (Wildman–Crippen MR) is 51.8 cm³/mol. The lowest BCUT2D eigenvalue weighted by molar-refractivity contribution is 0.405. The number of aromatic nitrogens is 3. The third-order valence-corrected chi connectivity index (χ3v) is 2.30. The van der Waals surface area contributed by atoms with Crippen LogP contribution < -0.4 is 10.3 Å². The first-order chi connectivity index (χ1) is 6.63. The van der Waals surface area contributed by atoms with Gasteiger partial charge in [-0.1, -0.05) is 0 Å². The maximum Gasteiger partial charge on any atom is 0.293 e. The molecule has 74 valence electrons. The quantitative estimate of drug-likeness (QED) is 0.723. The predicted octanol–water partition coefficient (Wildman–Crippen LogP) is 0.648. The van der Waals surface area contributed by atoms with Crippen molar-refractivity contribution >= 4 is 5.65 Å². The van der Waals surface area contributed by atoms with Crippen LogP contribution in [0.25, 0.3) is 5.65 Å². The first kappa shape index (κ1) is 8.80. The fourth-order valence-electron chi connectivity index (χ4n) is 1.36. The van der Waals surface area contributed by atoms with Gasteiger partial charge in [-0.15, -0.1) is 0 Å². The Bertz CT molecular complexity index is 539.